The molecule has 0 saturated carbocycles. The Kier molecular flexibility index (Phi) is 2.89. The average molecular weight is 271 g/mol. The van der Waals surface area contributed by atoms with Crippen LogP contribution in [0.1, 0.15) is 44.2 Å². The Hall–Kier alpha value is -2.43. The summed E-state index contributed by atoms with van der Waals surface area (Å²) in [7, 11) is 0. The summed E-state index contributed by atoms with van der Waals surface area (Å²) in [6, 6.07) is 5.09. The van der Waals surface area contributed by atoms with Crippen molar-refractivity contribution in [2.75, 3.05) is 0 Å². The number of esters is 1. The van der Waals surface area contributed by atoms with E-state index in [1.807, 2.05) is 0 Å². The largest absolute Gasteiger partial charge is 0.423 e. The van der Waals surface area contributed by atoms with E-state index in [9.17, 15) is 9.59 Å². The van der Waals surface area contributed by atoms with Gasteiger partial charge in [0.1, 0.15) is 17.1 Å². The Balaban J connectivity index is 1.86. The number of nitrogens with zero attached hydrogens (tertiary/aromatic N) is 1. The number of Topliss-reactive ketones (excluding diaryl/α,β-unsaturated/α-hetero) is 1. The molecule has 3 rings (SSSR count). The predicted molar refractivity (Wildman–Crippen MR) is 70.0 cm³/mol. The van der Waals surface area contributed by atoms with Crippen molar-refractivity contribution in [3.63, 3.8) is 0 Å². The van der Waals surface area contributed by atoms with Crippen molar-refractivity contribution in [3.8, 4) is 5.75 Å². The number of aryl methyl sites for hydroxylation is 3. The Morgan fingerprint density at radius 1 is 1.30 bits per heavy atom. The molecule has 0 unspecified atom stereocenters. The molecule has 102 valence electrons. The second-order valence-electron chi connectivity index (χ2n) is 4.83. The molecule has 0 fully saturated rings. The normalized spacial score (nSPS) is 13.4. The van der Waals surface area contributed by atoms with Gasteiger partial charge in [-0.05, 0) is 44.0 Å². The first-order chi connectivity index (χ1) is 9.56. The molecule has 1 aliphatic rings. The molecule has 5 heteroatoms. The summed E-state index contributed by atoms with van der Waals surface area (Å²) in [5.74, 6) is 0.515. The van der Waals surface area contributed by atoms with Gasteiger partial charge in [-0.25, -0.2) is 4.79 Å². The smallest absolute Gasteiger partial charge is 0.349 e. The highest BCUT2D eigenvalue weighted by atomic mass is 16.5. The molecule has 0 N–H and O–H groups in total. The summed E-state index contributed by atoms with van der Waals surface area (Å²) >= 11 is 0. The zero-order valence-electron chi connectivity index (χ0n) is 11.2. The molecule has 5 nitrogen and oxygen atoms in total. The lowest BCUT2D eigenvalue weighted by atomic mass is 10.1. The third-order valence-electron chi connectivity index (χ3n) is 3.45. The van der Waals surface area contributed by atoms with Crippen LogP contribution in [0.4, 0.5) is 0 Å². The SMILES string of the molecule is Cc1noc(C)c1C(=O)Oc1ccc2c(c1)CCC2=O. The molecule has 0 radical (unpaired) electrons. The van der Waals surface area contributed by atoms with Crippen LogP contribution in [-0.2, 0) is 6.42 Å². The van der Waals surface area contributed by atoms with Gasteiger partial charge in [-0.2, -0.15) is 0 Å². The molecule has 1 aliphatic carbocycles. The maximum atomic E-state index is 12.1. The highest BCUT2D eigenvalue weighted by Crippen LogP contribution is 2.27. The second kappa shape index (κ2) is 4.59. The molecule has 1 aromatic carbocycles. The molecule has 1 heterocycles. The van der Waals surface area contributed by atoms with E-state index >= 15 is 0 Å². The standard InChI is InChI=1S/C15H13NO4/c1-8-14(9(2)20-16-8)15(18)19-11-4-5-12-10(7-11)3-6-13(12)17/h4-5,7H,3,6H2,1-2H3. The first-order valence-corrected chi connectivity index (χ1v) is 6.37. The molecular weight excluding hydrogens is 258 g/mol. The fourth-order valence-electron chi connectivity index (χ4n) is 2.43. The van der Waals surface area contributed by atoms with E-state index in [1.165, 1.54) is 0 Å². The van der Waals surface area contributed by atoms with Crippen molar-refractivity contribution < 1.29 is 18.8 Å². The van der Waals surface area contributed by atoms with Gasteiger partial charge in [-0.1, -0.05) is 5.16 Å². The van der Waals surface area contributed by atoms with E-state index in [-0.39, 0.29) is 5.78 Å². The molecule has 2 aromatic rings. The van der Waals surface area contributed by atoms with E-state index in [0.717, 1.165) is 11.1 Å². The summed E-state index contributed by atoms with van der Waals surface area (Å²) in [6.07, 6.45) is 1.22. The minimum Gasteiger partial charge on any atom is -0.423 e. The molecule has 1 aromatic heterocycles. The maximum Gasteiger partial charge on any atom is 0.349 e. The van der Waals surface area contributed by atoms with Gasteiger partial charge in [0.15, 0.2) is 5.78 Å². The second-order valence-corrected chi connectivity index (χ2v) is 4.83. The zero-order valence-corrected chi connectivity index (χ0v) is 11.2. The zero-order chi connectivity index (χ0) is 14.3. The minimum atomic E-state index is -0.495. The first-order valence-electron chi connectivity index (χ1n) is 6.37. The van der Waals surface area contributed by atoms with E-state index in [1.54, 1.807) is 32.0 Å². The lowest BCUT2D eigenvalue weighted by Gasteiger charge is -2.05. The molecule has 20 heavy (non-hydrogen) atoms. The Labute approximate surface area is 115 Å². The summed E-state index contributed by atoms with van der Waals surface area (Å²) in [5, 5.41) is 3.73. The van der Waals surface area contributed by atoms with Crippen LogP contribution >= 0.6 is 0 Å². The topological polar surface area (TPSA) is 69.4 Å². The van der Waals surface area contributed by atoms with Crippen LogP contribution in [0.5, 0.6) is 5.75 Å². The van der Waals surface area contributed by atoms with Gasteiger partial charge in [0.05, 0.1) is 5.69 Å². The molecule has 0 spiro atoms. The molecule has 0 amide bonds. The van der Waals surface area contributed by atoms with E-state index < -0.39 is 5.97 Å². The lowest BCUT2D eigenvalue weighted by molar-refractivity contribution is 0.0732. The molecular formula is C15H13NO4. The molecule has 0 saturated heterocycles. The summed E-state index contributed by atoms with van der Waals surface area (Å²) in [4.78, 5) is 23.6. The fraction of sp³-hybridized carbons (Fsp3) is 0.267. The van der Waals surface area contributed by atoms with Gasteiger partial charge in [-0.15, -0.1) is 0 Å². The monoisotopic (exact) mass is 271 g/mol. The van der Waals surface area contributed by atoms with Crippen LogP contribution < -0.4 is 4.74 Å². The van der Waals surface area contributed by atoms with Crippen molar-refractivity contribution in [1.82, 2.24) is 5.16 Å². The third-order valence-corrected chi connectivity index (χ3v) is 3.45. The van der Waals surface area contributed by atoms with E-state index in [2.05, 4.69) is 5.16 Å². The number of fused-ring (bicyclic) bond motifs is 1. The third kappa shape index (κ3) is 2.01. The molecule has 0 atom stereocenters. The number of ketones is 1. The maximum absolute atomic E-state index is 12.1. The van der Waals surface area contributed by atoms with Gasteiger partial charge in [0, 0.05) is 12.0 Å². The van der Waals surface area contributed by atoms with Crippen molar-refractivity contribution in [2.45, 2.75) is 26.7 Å². The highest BCUT2D eigenvalue weighted by molar-refractivity contribution is 6.00. The van der Waals surface area contributed by atoms with Crippen molar-refractivity contribution in [2.24, 2.45) is 0 Å². The van der Waals surface area contributed by atoms with Gasteiger partial charge in [0.2, 0.25) is 0 Å². The van der Waals surface area contributed by atoms with E-state index in [4.69, 9.17) is 9.26 Å². The van der Waals surface area contributed by atoms with E-state index in [0.29, 0.717) is 35.6 Å². The summed E-state index contributed by atoms with van der Waals surface area (Å²) < 4.78 is 10.3. The van der Waals surface area contributed by atoms with Gasteiger partial charge in [0.25, 0.3) is 0 Å². The number of aromatic nitrogens is 1. The van der Waals surface area contributed by atoms with Crippen LogP contribution in [0.3, 0.4) is 0 Å². The summed E-state index contributed by atoms with van der Waals surface area (Å²) in [5.41, 5.74) is 2.51. The van der Waals surface area contributed by atoms with Crippen molar-refractivity contribution >= 4 is 11.8 Å². The van der Waals surface area contributed by atoms with Gasteiger partial charge >= 0.3 is 5.97 Å². The Morgan fingerprint density at radius 3 is 2.80 bits per heavy atom. The Morgan fingerprint density at radius 2 is 2.10 bits per heavy atom. The van der Waals surface area contributed by atoms with Gasteiger partial charge in [-0.3, -0.25) is 4.79 Å². The number of hydrogen-bond acceptors (Lipinski definition) is 5. The number of carbonyl (C=O) groups is 2. The highest BCUT2D eigenvalue weighted by Gasteiger charge is 2.22. The number of benzene rings is 1. The van der Waals surface area contributed by atoms with Crippen LogP contribution in [0.25, 0.3) is 0 Å². The number of rotatable bonds is 2. The van der Waals surface area contributed by atoms with Crippen LogP contribution in [-0.4, -0.2) is 16.9 Å². The predicted octanol–water partition coefficient (Wildman–Crippen LogP) is 2.64. The average Bonchev–Trinajstić information content (AvgIpc) is 2.93. The molecule has 0 bridgehead atoms. The van der Waals surface area contributed by atoms with Crippen molar-refractivity contribution in [1.29, 1.82) is 0 Å². The van der Waals surface area contributed by atoms with Crippen LogP contribution in [0, 0.1) is 13.8 Å². The number of carbonyl (C=O) groups excluding carboxylic acids is 2. The fourth-order valence-corrected chi connectivity index (χ4v) is 2.43. The van der Waals surface area contributed by atoms with Crippen LogP contribution in [0.2, 0.25) is 0 Å². The van der Waals surface area contributed by atoms with Gasteiger partial charge < -0.3 is 9.26 Å². The number of ether oxygens (including phenoxy) is 1. The Bertz CT molecular complexity index is 695. The minimum absolute atomic E-state index is 0.142. The lowest BCUT2D eigenvalue weighted by Crippen LogP contribution is -2.10. The number of hydrogen-bond donors (Lipinski definition) is 0. The van der Waals surface area contributed by atoms with Crippen LogP contribution in [0.15, 0.2) is 22.7 Å². The molecule has 0 aliphatic heterocycles. The summed E-state index contributed by atoms with van der Waals surface area (Å²) in [6.45, 7) is 3.35. The quantitative estimate of drug-likeness (QED) is 0.620. The van der Waals surface area contributed by atoms with Crippen molar-refractivity contribution in [3.05, 3.63) is 46.3 Å². The first kappa shape index (κ1) is 12.6.